The first-order valence-corrected chi connectivity index (χ1v) is 7.73. The highest BCUT2D eigenvalue weighted by atomic mass is 19.3. The fourth-order valence-corrected chi connectivity index (χ4v) is 2.76. The van der Waals surface area contributed by atoms with Gasteiger partial charge in [-0.05, 0) is 17.7 Å². The highest BCUT2D eigenvalue weighted by molar-refractivity contribution is 5.95. The zero-order chi connectivity index (χ0) is 17.8. The topological polar surface area (TPSA) is 49.9 Å². The van der Waals surface area contributed by atoms with Crippen molar-refractivity contribution in [2.75, 3.05) is 18.0 Å². The van der Waals surface area contributed by atoms with Gasteiger partial charge in [-0.3, -0.25) is 9.69 Å². The summed E-state index contributed by atoms with van der Waals surface area (Å²) >= 11 is 0. The molecule has 1 saturated heterocycles. The summed E-state index contributed by atoms with van der Waals surface area (Å²) in [5, 5.41) is 0. The normalized spacial score (nSPS) is 14.3. The van der Waals surface area contributed by atoms with Gasteiger partial charge in [-0.15, -0.1) is 0 Å². The van der Waals surface area contributed by atoms with Crippen LogP contribution in [0.2, 0.25) is 0 Å². The maximum Gasteiger partial charge on any atom is 0.387 e. The van der Waals surface area contributed by atoms with Gasteiger partial charge in [0.15, 0.2) is 6.29 Å². The average molecular weight is 346 g/mol. The van der Waals surface area contributed by atoms with E-state index in [9.17, 15) is 18.4 Å². The first-order chi connectivity index (χ1) is 12.1. The van der Waals surface area contributed by atoms with Crippen LogP contribution in [0, 0.1) is 0 Å². The molecule has 0 N–H and O–H groups in total. The van der Waals surface area contributed by atoms with Crippen molar-refractivity contribution in [2.45, 2.75) is 13.2 Å². The quantitative estimate of drug-likeness (QED) is 0.752. The Labute approximate surface area is 143 Å². The number of benzene rings is 2. The molecule has 2 aromatic rings. The predicted molar refractivity (Wildman–Crippen MR) is 88.1 cm³/mol. The van der Waals surface area contributed by atoms with Gasteiger partial charge in [0.1, 0.15) is 5.75 Å². The summed E-state index contributed by atoms with van der Waals surface area (Å²) in [6, 6.07) is 13.6. The lowest BCUT2D eigenvalue weighted by Crippen LogP contribution is -2.31. The van der Waals surface area contributed by atoms with Crippen molar-refractivity contribution in [3.8, 4) is 5.75 Å². The fourth-order valence-electron chi connectivity index (χ4n) is 2.76. The molecule has 1 heterocycles. The van der Waals surface area contributed by atoms with Crippen molar-refractivity contribution in [1.29, 1.82) is 0 Å². The van der Waals surface area contributed by atoms with Gasteiger partial charge in [0.2, 0.25) is 0 Å². The Hall–Kier alpha value is -2.96. The van der Waals surface area contributed by atoms with Crippen molar-refractivity contribution < 1.29 is 23.1 Å². The molecule has 0 bridgehead atoms. The second kappa shape index (κ2) is 7.29. The zero-order valence-electron chi connectivity index (χ0n) is 13.3. The van der Waals surface area contributed by atoms with Crippen LogP contribution < -0.4 is 9.64 Å². The van der Waals surface area contributed by atoms with E-state index in [-0.39, 0.29) is 17.3 Å². The van der Waals surface area contributed by atoms with E-state index in [4.69, 9.17) is 0 Å². The predicted octanol–water partition coefficient (Wildman–Crippen LogP) is 3.54. The number of nitrogens with zero attached hydrogens (tertiary/aromatic N) is 2. The van der Waals surface area contributed by atoms with Gasteiger partial charge < -0.3 is 9.64 Å². The van der Waals surface area contributed by atoms with Gasteiger partial charge in [-0.1, -0.05) is 30.3 Å². The minimum atomic E-state index is -3.04. The molecular formula is C18H16F2N2O3. The third-order valence-corrected chi connectivity index (χ3v) is 3.96. The van der Waals surface area contributed by atoms with Crippen molar-refractivity contribution in [2.24, 2.45) is 0 Å². The van der Waals surface area contributed by atoms with Crippen molar-refractivity contribution in [1.82, 2.24) is 4.90 Å². The van der Waals surface area contributed by atoms with Crippen LogP contribution >= 0.6 is 0 Å². The zero-order valence-corrected chi connectivity index (χ0v) is 13.3. The summed E-state index contributed by atoms with van der Waals surface area (Å²) in [7, 11) is 0. The maximum atomic E-state index is 12.6. The van der Waals surface area contributed by atoms with Crippen LogP contribution in [-0.4, -0.2) is 36.9 Å². The smallest absolute Gasteiger partial charge is 0.387 e. The molecule has 1 fully saturated rings. The number of urea groups is 1. The number of carbonyl (C=O) groups excluding carboxylic acids is 2. The summed E-state index contributed by atoms with van der Waals surface area (Å²) in [5.41, 5.74) is 1.44. The van der Waals surface area contributed by atoms with Gasteiger partial charge in [0.05, 0.1) is 5.56 Å². The first-order valence-electron chi connectivity index (χ1n) is 7.73. The molecule has 7 heteroatoms. The SMILES string of the molecule is O=Cc1ccc(N2CCN(Cc3ccccc3)C2=O)cc1OC(F)F. The second-order valence-electron chi connectivity index (χ2n) is 5.56. The lowest BCUT2D eigenvalue weighted by atomic mass is 10.2. The van der Waals surface area contributed by atoms with E-state index in [0.717, 1.165) is 5.56 Å². The molecule has 0 atom stereocenters. The van der Waals surface area contributed by atoms with Crippen LogP contribution in [0.3, 0.4) is 0 Å². The summed E-state index contributed by atoms with van der Waals surface area (Å²) in [5.74, 6) is -0.239. The molecule has 2 aromatic carbocycles. The van der Waals surface area contributed by atoms with Gasteiger partial charge in [0.25, 0.3) is 0 Å². The number of amides is 2. The number of alkyl halides is 2. The molecule has 0 aromatic heterocycles. The van der Waals surface area contributed by atoms with Gasteiger partial charge in [-0.25, -0.2) is 4.79 Å². The van der Waals surface area contributed by atoms with Crippen molar-refractivity contribution in [3.05, 3.63) is 59.7 Å². The van der Waals surface area contributed by atoms with Crippen LogP contribution in [0.25, 0.3) is 0 Å². The third kappa shape index (κ3) is 3.76. The van der Waals surface area contributed by atoms with Gasteiger partial charge >= 0.3 is 12.6 Å². The van der Waals surface area contributed by atoms with E-state index in [0.29, 0.717) is 31.6 Å². The number of aldehydes is 1. The Morgan fingerprint density at radius 3 is 2.56 bits per heavy atom. The Bertz CT molecular complexity index is 768. The van der Waals surface area contributed by atoms with Crippen LogP contribution in [0.1, 0.15) is 15.9 Å². The van der Waals surface area contributed by atoms with Crippen LogP contribution in [0.5, 0.6) is 5.75 Å². The molecule has 2 amide bonds. The Balaban J connectivity index is 1.78. The standard InChI is InChI=1S/C18H16F2N2O3/c19-17(20)25-16-10-15(7-6-14(16)12-23)22-9-8-21(18(22)24)11-13-4-2-1-3-5-13/h1-7,10,12,17H,8-9,11H2. The van der Waals surface area contributed by atoms with E-state index in [1.54, 1.807) is 11.0 Å². The number of halogens is 2. The monoisotopic (exact) mass is 346 g/mol. The molecule has 0 radical (unpaired) electrons. The van der Waals surface area contributed by atoms with E-state index in [2.05, 4.69) is 4.74 Å². The van der Waals surface area contributed by atoms with Crippen molar-refractivity contribution in [3.63, 3.8) is 0 Å². The van der Waals surface area contributed by atoms with Crippen LogP contribution in [-0.2, 0) is 6.54 Å². The summed E-state index contributed by atoms with van der Waals surface area (Å²) in [4.78, 5) is 26.7. The highest BCUT2D eigenvalue weighted by Crippen LogP contribution is 2.29. The number of hydrogen-bond donors (Lipinski definition) is 0. The largest absolute Gasteiger partial charge is 0.434 e. The molecule has 5 nitrogen and oxygen atoms in total. The summed E-state index contributed by atoms with van der Waals surface area (Å²) in [6.07, 6.45) is 0.439. The third-order valence-electron chi connectivity index (χ3n) is 3.96. The Morgan fingerprint density at radius 2 is 1.88 bits per heavy atom. The number of hydrogen-bond acceptors (Lipinski definition) is 3. The number of rotatable bonds is 6. The first kappa shape index (κ1) is 16.9. The molecule has 25 heavy (non-hydrogen) atoms. The molecular weight excluding hydrogens is 330 g/mol. The highest BCUT2D eigenvalue weighted by Gasteiger charge is 2.30. The molecule has 3 rings (SSSR count). The molecule has 0 spiro atoms. The Kier molecular flexibility index (Phi) is 4.92. The van der Waals surface area contributed by atoms with Crippen molar-refractivity contribution >= 4 is 18.0 Å². The van der Waals surface area contributed by atoms with Gasteiger partial charge in [0, 0.05) is 31.4 Å². The maximum absolute atomic E-state index is 12.6. The average Bonchev–Trinajstić information content (AvgIpc) is 2.96. The molecule has 130 valence electrons. The summed E-state index contributed by atoms with van der Waals surface area (Å²) in [6.45, 7) is -1.62. The minimum absolute atomic E-state index is 0.0110. The van der Waals surface area contributed by atoms with E-state index in [1.165, 1.54) is 17.0 Å². The fraction of sp³-hybridized carbons (Fsp3) is 0.222. The number of carbonyl (C=O) groups is 2. The molecule has 1 aliphatic heterocycles. The van der Waals surface area contributed by atoms with Gasteiger partial charge in [-0.2, -0.15) is 8.78 Å². The summed E-state index contributed by atoms with van der Waals surface area (Å²) < 4.78 is 29.4. The molecule has 0 aliphatic carbocycles. The molecule has 0 saturated carbocycles. The number of anilines is 1. The second-order valence-corrected chi connectivity index (χ2v) is 5.56. The van der Waals surface area contributed by atoms with E-state index in [1.807, 2.05) is 30.3 Å². The molecule has 1 aliphatic rings. The van der Waals surface area contributed by atoms with Crippen LogP contribution in [0.15, 0.2) is 48.5 Å². The minimum Gasteiger partial charge on any atom is -0.434 e. The van der Waals surface area contributed by atoms with E-state index >= 15 is 0 Å². The lowest BCUT2D eigenvalue weighted by Gasteiger charge is -2.20. The number of ether oxygens (including phenoxy) is 1. The lowest BCUT2D eigenvalue weighted by molar-refractivity contribution is -0.0500. The molecule has 0 unspecified atom stereocenters. The van der Waals surface area contributed by atoms with Crippen LogP contribution in [0.4, 0.5) is 19.3 Å². The Morgan fingerprint density at radius 1 is 1.12 bits per heavy atom. The van der Waals surface area contributed by atoms with E-state index < -0.39 is 6.61 Å².